The molecule has 0 unspecified atom stereocenters. The number of nitrogens with zero attached hydrogens (tertiary/aromatic N) is 2. The van der Waals surface area contributed by atoms with Crippen molar-refractivity contribution in [1.29, 1.82) is 0 Å². The smallest absolute Gasteiger partial charge is 0.254 e. The molecular formula is C15H25N3O2S. The number of amides is 1. The topological polar surface area (TPSA) is 64.0 Å². The SMILES string of the molecule is Cc1cc(=O)n(C)c(SCCCCC(=O)NC(C)(C)C)n1. The molecule has 5 nitrogen and oxygen atoms in total. The number of thioether (sulfide) groups is 1. The Kier molecular flexibility index (Phi) is 6.45. The molecule has 1 aromatic rings. The second-order valence-corrected chi connectivity index (χ2v) is 7.24. The summed E-state index contributed by atoms with van der Waals surface area (Å²) in [7, 11) is 1.73. The van der Waals surface area contributed by atoms with Crippen LogP contribution in [0.25, 0.3) is 0 Å². The Morgan fingerprint density at radius 3 is 2.67 bits per heavy atom. The lowest BCUT2D eigenvalue weighted by Gasteiger charge is -2.20. The van der Waals surface area contributed by atoms with Gasteiger partial charge in [0.25, 0.3) is 5.56 Å². The van der Waals surface area contributed by atoms with E-state index in [1.807, 2.05) is 27.7 Å². The van der Waals surface area contributed by atoms with Crippen LogP contribution in [0.4, 0.5) is 0 Å². The maximum Gasteiger partial charge on any atom is 0.254 e. The average Bonchev–Trinajstić information content (AvgIpc) is 2.32. The first kappa shape index (κ1) is 17.8. The molecule has 1 amide bonds. The van der Waals surface area contributed by atoms with Crippen LogP contribution < -0.4 is 10.9 Å². The van der Waals surface area contributed by atoms with Crippen LogP contribution in [0.3, 0.4) is 0 Å². The second-order valence-electron chi connectivity index (χ2n) is 6.18. The molecule has 0 aliphatic carbocycles. The molecule has 0 bridgehead atoms. The monoisotopic (exact) mass is 311 g/mol. The lowest BCUT2D eigenvalue weighted by Crippen LogP contribution is -2.40. The maximum atomic E-state index is 11.7. The average molecular weight is 311 g/mol. The van der Waals surface area contributed by atoms with Crippen LogP contribution in [-0.4, -0.2) is 26.8 Å². The van der Waals surface area contributed by atoms with Crippen LogP contribution >= 0.6 is 11.8 Å². The van der Waals surface area contributed by atoms with Gasteiger partial charge < -0.3 is 5.32 Å². The summed E-state index contributed by atoms with van der Waals surface area (Å²) in [6.45, 7) is 7.75. The van der Waals surface area contributed by atoms with Gasteiger partial charge in [0.15, 0.2) is 5.16 Å². The highest BCUT2D eigenvalue weighted by Gasteiger charge is 2.13. The normalized spacial score (nSPS) is 11.5. The van der Waals surface area contributed by atoms with Crippen molar-refractivity contribution in [2.45, 2.75) is 57.7 Å². The Balaban J connectivity index is 2.32. The van der Waals surface area contributed by atoms with E-state index in [1.54, 1.807) is 23.4 Å². The number of nitrogens with one attached hydrogen (secondary N) is 1. The molecule has 1 N–H and O–H groups in total. The first-order valence-electron chi connectivity index (χ1n) is 7.17. The van der Waals surface area contributed by atoms with E-state index >= 15 is 0 Å². The molecule has 0 fully saturated rings. The van der Waals surface area contributed by atoms with E-state index in [9.17, 15) is 9.59 Å². The fourth-order valence-electron chi connectivity index (χ4n) is 1.79. The van der Waals surface area contributed by atoms with Gasteiger partial charge >= 0.3 is 0 Å². The van der Waals surface area contributed by atoms with Gasteiger partial charge in [-0.2, -0.15) is 0 Å². The molecule has 0 saturated carbocycles. The summed E-state index contributed by atoms with van der Waals surface area (Å²) in [4.78, 5) is 27.6. The van der Waals surface area contributed by atoms with Gasteiger partial charge in [-0.25, -0.2) is 4.98 Å². The molecule has 1 rings (SSSR count). The Bertz CT molecular complexity index is 547. The molecule has 0 aliphatic heterocycles. The fraction of sp³-hybridized carbons (Fsp3) is 0.667. The highest BCUT2D eigenvalue weighted by Crippen LogP contribution is 2.16. The highest BCUT2D eigenvalue weighted by atomic mass is 32.2. The molecule has 0 aliphatic rings. The number of hydrogen-bond donors (Lipinski definition) is 1. The molecule has 0 saturated heterocycles. The third kappa shape index (κ3) is 6.80. The third-order valence-corrected chi connectivity index (χ3v) is 3.88. The molecule has 1 aromatic heterocycles. The van der Waals surface area contributed by atoms with Crippen LogP contribution in [-0.2, 0) is 11.8 Å². The molecule has 118 valence electrons. The third-order valence-electron chi connectivity index (χ3n) is 2.77. The zero-order valence-corrected chi connectivity index (χ0v) is 14.3. The molecule has 0 radical (unpaired) electrons. The first-order valence-corrected chi connectivity index (χ1v) is 8.16. The number of unbranched alkanes of at least 4 members (excludes halogenated alkanes) is 1. The van der Waals surface area contributed by atoms with Gasteiger partial charge in [0.05, 0.1) is 0 Å². The summed E-state index contributed by atoms with van der Waals surface area (Å²) < 4.78 is 1.56. The number of hydrogen-bond acceptors (Lipinski definition) is 4. The van der Waals surface area contributed by atoms with Crippen molar-refractivity contribution in [3.8, 4) is 0 Å². The Labute approximate surface area is 130 Å². The van der Waals surface area contributed by atoms with Crippen molar-refractivity contribution in [3.63, 3.8) is 0 Å². The Hall–Kier alpha value is -1.30. The van der Waals surface area contributed by atoms with Gasteiger partial charge in [-0.3, -0.25) is 14.2 Å². The molecule has 1 heterocycles. The van der Waals surface area contributed by atoms with E-state index in [4.69, 9.17) is 0 Å². The number of aromatic nitrogens is 2. The summed E-state index contributed by atoms with van der Waals surface area (Å²) in [6, 6.07) is 1.53. The van der Waals surface area contributed by atoms with Crippen LogP contribution in [0.5, 0.6) is 0 Å². The number of carbonyl (C=O) groups is 1. The summed E-state index contributed by atoms with van der Waals surface area (Å²) >= 11 is 1.56. The van der Waals surface area contributed by atoms with Crippen molar-refractivity contribution in [1.82, 2.24) is 14.9 Å². The molecule has 21 heavy (non-hydrogen) atoms. The molecular weight excluding hydrogens is 286 g/mol. The largest absolute Gasteiger partial charge is 0.352 e. The van der Waals surface area contributed by atoms with Crippen molar-refractivity contribution < 1.29 is 4.79 Å². The predicted octanol–water partition coefficient (Wildman–Crippen LogP) is 2.27. The van der Waals surface area contributed by atoms with Crippen LogP contribution in [0.1, 0.15) is 45.7 Å². The first-order chi connectivity index (χ1) is 9.69. The van der Waals surface area contributed by atoms with Crippen molar-refractivity contribution >= 4 is 17.7 Å². The number of carbonyl (C=O) groups excluding carboxylic acids is 1. The maximum absolute atomic E-state index is 11.7. The zero-order chi connectivity index (χ0) is 16.0. The van der Waals surface area contributed by atoms with E-state index in [1.165, 1.54) is 6.07 Å². The standard InChI is InChI=1S/C15H25N3O2S/c1-11-10-13(20)18(5)14(16-11)21-9-7-6-8-12(19)17-15(2,3)4/h10H,6-9H2,1-5H3,(H,17,19). The minimum absolute atomic E-state index is 0.0328. The molecule has 6 heteroatoms. The van der Waals surface area contributed by atoms with Gasteiger partial charge in [-0.05, 0) is 40.5 Å². The quantitative estimate of drug-likeness (QED) is 0.497. The minimum atomic E-state index is -0.171. The van der Waals surface area contributed by atoms with E-state index < -0.39 is 0 Å². The highest BCUT2D eigenvalue weighted by molar-refractivity contribution is 7.99. The predicted molar refractivity (Wildman–Crippen MR) is 86.7 cm³/mol. The zero-order valence-electron chi connectivity index (χ0n) is 13.5. The Morgan fingerprint density at radius 2 is 2.05 bits per heavy atom. The van der Waals surface area contributed by atoms with Crippen molar-refractivity contribution in [2.24, 2.45) is 7.05 Å². The number of rotatable bonds is 6. The minimum Gasteiger partial charge on any atom is -0.352 e. The second kappa shape index (κ2) is 7.64. The van der Waals surface area contributed by atoms with Gasteiger partial charge in [-0.1, -0.05) is 11.8 Å². The summed E-state index contributed by atoms with van der Waals surface area (Å²) in [5.74, 6) is 0.945. The van der Waals surface area contributed by atoms with Crippen molar-refractivity contribution in [2.75, 3.05) is 5.75 Å². The Morgan fingerprint density at radius 1 is 1.38 bits per heavy atom. The van der Waals surface area contributed by atoms with Gasteiger partial charge in [0, 0.05) is 36.5 Å². The number of aryl methyl sites for hydroxylation is 1. The van der Waals surface area contributed by atoms with Gasteiger partial charge in [-0.15, -0.1) is 0 Å². The van der Waals surface area contributed by atoms with E-state index in [0.717, 1.165) is 29.4 Å². The van der Waals surface area contributed by atoms with Crippen LogP contribution in [0.2, 0.25) is 0 Å². The van der Waals surface area contributed by atoms with Crippen LogP contribution in [0, 0.1) is 6.92 Å². The van der Waals surface area contributed by atoms with Gasteiger partial charge in [0.1, 0.15) is 0 Å². The summed E-state index contributed by atoms with van der Waals surface area (Å²) in [5, 5.41) is 3.68. The van der Waals surface area contributed by atoms with E-state index in [-0.39, 0.29) is 17.0 Å². The van der Waals surface area contributed by atoms with Gasteiger partial charge in [0.2, 0.25) is 5.91 Å². The molecule has 0 spiro atoms. The lowest BCUT2D eigenvalue weighted by molar-refractivity contribution is -0.122. The fourth-order valence-corrected chi connectivity index (χ4v) is 2.81. The lowest BCUT2D eigenvalue weighted by atomic mass is 10.1. The molecule has 0 atom stereocenters. The summed E-state index contributed by atoms with van der Waals surface area (Å²) in [5.41, 5.74) is 0.537. The van der Waals surface area contributed by atoms with Crippen LogP contribution in [0.15, 0.2) is 16.0 Å². The van der Waals surface area contributed by atoms with E-state index in [2.05, 4.69) is 10.3 Å². The van der Waals surface area contributed by atoms with E-state index in [0.29, 0.717) is 6.42 Å². The summed E-state index contributed by atoms with van der Waals surface area (Å²) in [6.07, 6.45) is 2.30. The molecule has 0 aromatic carbocycles. The van der Waals surface area contributed by atoms with Crippen molar-refractivity contribution in [3.05, 3.63) is 22.1 Å².